The second-order valence-electron chi connectivity index (χ2n) is 7.80. The Morgan fingerprint density at radius 2 is 1.62 bits per heavy atom. The molecule has 0 spiro atoms. The number of anilines is 2. The van der Waals surface area contributed by atoms with Gasteiger partial charge in [0.1, 0.15) is 0 Å². The lowest BCUT2D eigenvalue weighted by atomic mass is 9.87. The second kappa shape index (κ2) is 9.37. The lowest BCUT2D eigenvalue weighted by Crippen LogP contribution is -2.32. The standard InChI is InChI=1S/C23H28N2O4/c1-16(26)25(18-12-10-17(11-13-18)23(2,3)4)15-14-21(27)24-20-9-7-6-8-19(20)22(28)29-5/h6-13H,14-15H2,1-5H3,(H,24,27). The quantitative estimate of drug-likeness (QED) is 0.744. The van der Waals surface area contributed by atoms with Crippen LogP contribution in [0.3, 0.4) is 0 Å². The molecule has 2 aromatic carbocycles. The zero-order chi connectivity index (χ0) is 21.6. The predicted molar refractivity (Wildman–Crippen MR) is 114 cm³/mol. The molecule has 6 heteroatoms. The van der Waals surface area contributed by atoms with Gasteiger partial charge in [0.2, 0.25) is 11.8 Å². The van der Waals surface area contributed by atoms with E-state index in [1.165, 1.54) is 19.6 Å². The molecule has 0 atom stereocenters. The number of nitrogens with one attached hydrogen (secondary N) is 1. The van der Waals surface area contributed by atoms with Gasteiger partial charge in [0.25, 0.3) is 0 Å². The van der Waals surface area contributed by atoms with Crippen LogP contribution in [0.1, 0.15) is 50.0 Å². The van der Waals surface area contributed by atoms with Gasteiger partial charge in [0.15, 0.2) is 0 Å². The van der Waals surface area contributed by atoms with Gasteiger partial charge in [-0.1, -0.05) is 45.0 Å². The van der Waals surface area contributed by atoms with Crippen molar-refractivity contribution < 1.29 is 19.1 Å². The van der Waals surface area contributed by atoms with Crippen molar-refractivity contribution in [2.24, 2.45) is 0 Å². The first-order valence-electron chi connectivity index (χ1n) is 9.49. The molecule has 29 heavy (non-hydrogen) atoms. The summed E-state index contributed by atoms with van der Waals surface area (Å²) in [5.41, 5.74) is 2.60. The highest BCUT2D eigenvalue weighted by Gasteiger charge is 2.18. The SMILES string of the molecule is COC(=O)c1ccccc1NC(=O)CCN(C(C)=O)c1ccc(C(C)(C)C)cc1. The van der Waals surface area contributed by atoms with E-state index >= 15 is 0 Å². The van der Waals surface area contributed by atoms with Crippen LogP contribution in [0.15, 0.2) is 48.5 Å². The fraction of sp³-hybridized carbons (Fsp3) is 0.348. The minimum atomic E-state index is -0.523. The lowest BCUT2D eigenvalue weighted by molar-refractivity contribution is -0.117. The molecular formula is C23H28N2O4. The summed E-state index contributed by atoms with van der Waals surface area (Å²) in [6, 6.07) is 14.4. The Labute approximate surface area is 171 Å². The molecule has 0 fully saturated rings. The number of para-hydroxylation sites is 1. The van der Waals surface area contributed by atoms with Crippen LogP contribution in [-0.4, -0.2) is 31.4 Å². The molecule has 0 unspecified atom stereocenters. The molecule has 0 bridgehead atoms. The third-order valence-electron chi connectivity index (χ3n) is 4.59. The molecular weight excluding hydrogens is 368 g/mol. The van der Waals surface area contributed by atoms with E-state index < -0.39 is 5.97 Å². The summed E-state index contributed by atoms with van der Waals surface area (Å²) in [5.74, 6) is -0.958. The van der Waals surface area contributed by atoms with Crippen molar-refractivity contribution in [2.45, 2.75) is 39.5 Å². The summed E-state index contributed by atoms with van der Waals surface area (Å²) >= 11 is 0. The summed E-state index contributed by atoms with van der Waals surface area (Å²) in [4.78, 5) is 37.9. The van der Waals surface area contributed by atoms with Crippen LogP contribution in [0.5, 0.6) is 0 Å². The van der Waals surface area contributed by atoms with E-state index in [0.717, 1.165) is 5.69 Å². The number of hydrogen-bond acceptors (Lipinski definition) is 4. The molecule has 0 aromatic heterocycles. The normalized spacial score (nSPS) is 10.9. The second-order valence-corrected chi connectivity index (χ2v) is 7.80. The van der Waals surface area contributed by atoms with E-state index in [1.54, 1.807) is 29.2 Å². The van der Waals surface area contributed by atoms with E-state index in [-0.39, 0.29) is 35.8 Å². The van der Waals surface area contributed by atoms with E-state index in [1.807, 2.05) is 24.3 Å². The minimum absolute atomic E-state index is 0.0203. The number of rotatable bonds is 6. The number of esters is 1. The molecule has 0 aliphatic carbocycles. The molecule has 6 nitrogen and oxygen atoms in total. The van der Waals surface area contributed by atoms with Crippen molar-refractivity contribution in [3.8, 4) is 0 Å². The highest BCUT2D eigenvalue weighted by atomic mass is 16.5. The first-order chi connectivity index (χ1) is 13.6. The maximum atomic E-state index is 12.4. The molecule has 2 rings (SSSR count). The summed E-state index contributed by atoms with van der Waals surface area (Å²) in [7, 11) is 1.29. The van der Waals surface area contributed by atoms with E-state index in [9.17, 15) is 14.4 Å². The monoisotopic (exact) mass is 396 g/mol. The lowest BCUT2D eigenvalue weighted by Gasteiger charge is -2.24. The number of carbonyl (C=O) groups is 3. The molecule has 154 valence electrons. The van der Waals surface area contributed by atoms with Crippen LogP contribution in [0.2, 0.25) is 0 Å². The van der Waals surface area contributed by atoms with Crippen LogP contribution in [0.4, 0.5) is 11.4 Å². The molecule has 0 heterocycles. The van der Waals surface area contributed by atoms with E-state index in [4.69, 9.17) is 4.74 Å². The van der Waals surface area contributed by atoms with Gasteiger partial charge in [-0.15, -0.1) is 0 Å². The van der Waals surface area contributed by atoms with Crippen LogP contribution < -0.4 is 10.2 Å². The summed E-state index contributed by atoms with van der Waals surface area (Å²) in [6.07, 6.45) is 0.0934. The van der Waals surface area contributed by atoms with Gasteiger partial charge in [-0.25, -0.2) is 4.79 Å². The van der Waals surface area contributed by atoms with Crippen LogP contribution in [0.25, 0.3) is 0 Å². The van der Waals surface area contributed by atoms with Gasteiger partial charge in [0, 0.05) is 25.6 Å². The number of methoxy groups -OCH3 is 1. The Hall–Kier alpha value is -3.15. The van der Waals surface area contributed by atoms with Crippen molar-refractivity contribution in [1.82, 2.24) is 0 Å². The number of carbonyl (C=O) groups excluding carboxylic acids is 3. The molecule has 0 saturated carbocycles. The van der Waals surface area contributed by atoms with Gasteiger partial charge in [-0.2, -0.15) is 0 Å². The van der Waals surface area contributed by atoms with Gasteiger partial charge < -0.3 is 15.0 Å². The summed E-state index contributed by atoms with van der Waals surface area (Å²) < 4.78 is 4.74. The topological polar surface area (TPSA) is 75.7 Å². The summed E-state index contributed by atoms with van der Waals surface area (Å²) in [6.45, 7) is 8.09. The number of hydrogen-bond donors (Lipinski definition) is 1. The molecule has 2 aromatic rings. The van der Waals surface area contributed by atoms with E-state index in [2.05, 4.69) is 26.1 Å². The number of benzene rings is 2. The maximum Gasteiger partial charge on any atom is 0.339 e. The molecule has 0 aliphatic heterocycles. The third kappa shape index (κ3) is 5.91. The van der Waals surface area contributed by atoms with Crippen LogP contribution in [-0.2, 0) is 19.7 Å². The van der Waals surface area contributed by atoms with Crippen LogP contribution >= 0.6 is 0 Å². The number of ether oxygens (including phenoxy) is 1. The third-order valence-corrected chi connectivity index (χ3v) is 4.59. The van der Waals surface area contributed by atoms with Crippen molar-refractivity contribution >= 4 is 29.2 Å². The highest BCUT2D eigenvalue weighted by Crippen LogP contribution is 2.25. The average Bonchev–Trinajstić information content (AvgIpc) is 2.67. The first kappa shape index (κ1) is 22.1. The van der Waals surface area contributed by atoms with Crippen LogP contribution in [0, 0.1) is 0 Å². The Kier molecular flexibility index (Phi) is 7.15. The van der Waals surface area contributed by atoms with Gasteiger partial charge in [-0.05, 0) is 35.2 Å². The predicted octanol–water partition coefficient (Wildman–Crippen LogP) is 4.15. The fourth-order valence-electron chi connectivity index (χ4n) is 2.92. The smallest absolute Gasteiger partial charge is 0.339 e. The Bertz CT molecular complexity index is 882. The van der Waals surface area contributed by atoms with Crippen molar-refractivity contribution in [3.05, 3.63) is 59.7 Å². The molecule has 0 radical (unpaired) electrons. The van der Waals surface area contributed by atoms with E-state index in [0.29, 0.717) is 5.69 Å². The first-order valence-corrected chi connectivity index (χ1v) is 9.49. The minimum Gasteiger partial charge on any atom is -0.465 e. The molecule has 1 N–H and O–H groups in total. The van der Waals surface area contributed by atoms with Gasteiger partial charge in [-0.3, -0.25) is 9.59 Å². The van der Waals surface area contributed by atoms with Crippen molar-refractivity contribution in [2.75, 3.05) is 23.9 Å². The molecule has 0 aliphatic rings. The Balaban J connectivity index is 2.07. The van der Waals surface area contributed by atoms with Gasteiger partial charge >= 0.3 is 5.97 Å². The zero-order valence-corrected chi connectivity index (χ0v) is 17.6. The number of amides is 2. The largest absolute Gasteiger partial charge is 0.465 e. The summed E-state index contributed by atoms with van der Waals surface area (Å²) in [5, 5.41) is 2.72. The Morgan fingerprint density at radius 1 is 1.00 bits per heavy atom. The Morgan fingerprint density at radius 3 is 2.17 bits per heavy atom. The molecule has 0 saturated heterocycles. The maximum absolute atomic E-state index is 12.4. The zero-order valence-electron chi connectivity index (χ0n) is 17.6. The van der Waals surface area contributed by atoms with Crippen molar-refractivity contribution in [3.63, 3.8) is 0 Å². The van der Waals surface area contributed by atoms with Crippen molar-refractivity contribution in [1.29, 1.82) is 0 Å². The average molecular weight is 396 g/mol. The number of nitrogens with zero attached hydrogens (tertiary/aromatic N) is 1. The fourth-order valence-corrected chi connectivity index (χ4v) is 2.92. The molecule has 2 amide bonds. The highest BCUT2D eigenvalue weighted by molar-refractivity contribution is 6.01. The van der Waals surface area contributed by atoms with Gasteiger partial charge in [0.05, 0.1) is 18.4 Å².